The van der Waals surface area contributed by atoms with E-state index in [4.69, 9.17) is 0 Å². The van der Waals surface area contributed by atoms with Gasteiger partial charge in [-0.05, 0) is 37.5 Å². The van der Waals surface area contributed by atoms with E-state index in [1.54, 1.807) is 0 Å². The van der Waals surface area contributed by atoms with Crippen molar-refractivity contribution in [2.45, 2.75) is 25.7 Å². The number of aryl methyl sites for hydroxylation is 1. The molecule has 0 aromatic carbocycles. The Morgan fingerprint density at radius 3 is 3.06 bits per heavy atom. The second kappa shape index (κ2) is 4.09. The van der Waals surface area contributed by atoms with Gasteiger partial charge in [0.2, 0.25) is 0 Å². The van der Waals surface area contributed by atoms with Crippen LogP contribution in [0.15, 0.2) is 24.5 Å². The average molecular weight is 264 g/mol. The Labute approximate surface area is 107 Å². The molecule has 0 aliphatic carbocycles. The number of rotatable bonds is 1. The first-order valence-corrected chi connectivity index (χ1v) is 8.01. The molecule has 0 spiro atoms. The predicted octanol–water partition coefficient (Wildman–Crippen LogP) is 1.93. The molecule has 0 saturated carbocycles. The zero-order valence-corrected chi connectivity index (χ0v) is 11.2. The maximum absolute atomic E-state index is 11.7. The highest BCUT2D eigenvalue weighted by Gasteiger charge is 2.28. The SMILES string of the molecule is Cc1ccn2c(C3CCCS(=O)(=O)C3)ncc2c1. The van der Waals surface area contributed by atoms with Crippen LogP contribution in [0.5, 0.6) is 0 Å². The van der Waals surface area contributed by atoms with E-state index in [0.29, 0.717) is 5.75 Å². The molecule has 96 valence electrons. The lowest BCUT2D eigenvalue weighted by Gasteiger charge is -2.20. The van der Waals surface area contributed by atoms with Crippen molar-refractivity contribution in [3.63, 3.8) is 0 Å². The molecule has 2 aromatic rings. The summed E-state index contributed by atoms with van der Waals surface area (Å²) in [5, 5.41) is 0. The summed E-state index contributed by atoms with van der Waals surface area (Å²) in [5.41, 5.74) is 2.22. The summed E-state index contributed by atoms with van der Waals surface area (Å²) in [6.07, 6.45) is 5.46. The fraction of sp³-hybridized carbons (Fsp3) is 0.462. The Kier molecular flexibility index (Phi) is 2.66. The number of sulfone groups is 1. The molecule has 1 aliphatic heterocycles. The number of hydrogen-bond donors (Lipinski definition) is 0. The molecule has 0 amide bonds. The summed E-state index contributed by atoms with van der Waals surface area (Å²) in [5.74, 6) is 1.48. The molecule has 1 saturated heterocycles. The van der Waals surface area contributed by atoms with Gasteiger partial charge in [-0.15, -0.1) is 0 Å². The Balaban J connectivity index is 2.04. The summed E-state index contributed by atoms with van der Waals surface area (Å²) < 4.78 is 25.4. The van der Waals surface area contributed by atoms with Crippen LogP contribution in [0.3, 0.4) is 0 Å². The van der Waals surface area contributed by atoms with E-state index in [1.165, 1.54) is 5.56 Å². The molecule has 1 unspecified atom stereocenters. The van der Waals surface area contributed by atoms with Gasteiger partial charge in [-0.25, -0.2) is 13.4 Å². The van der Waals surface area contributed by atoms with E-state index >= 15 is 0 Å². The Morgan fingerprint density at radius 2 is 2.28 bits per heavy atom. The standard InChI is InChI=1S/C13H16N2O2S/c1-10-4-5-15-12(7-10)8-14-13(15)11-3-2-6-18(16,17)9-11/h4-5,7-8,11H,2-3,6,9H2,1H3. The normalized spacial score (nSPS) is 23.3. The molecule has 3 rings (SSSR count). The van der Waals surface area contributed by atoms with Crippen molar-refractivity contribution in [1.29, 1.82) is 0 Å². The minimum absolute atomic E-state index is 0.0361. The Hall–Kier alpha value is -1.36. The molecule has 0 radical (unpaired) electrons. The number of fused-ring (bicyclic) bond motifs is 1. The molecule has 3 heterocycles. The van der Waals surface area contributed by atoms with Gasteiger partial charge >= 0.3 is 0 Å². The first-order chi connectivity index (χ1) is 8.55. The molecule has 18 heavy (non-hydrogen) atoms. The van der Waals surface area contributed by atoms with Crippen molar-refractivity contribution < 1.29 is 8.42 Å². The third-order valence-electron chi connectivity index (χ3n) is 3.54. The highest BCUT2D eigenvalue weighted by molar-refractivity contribution is 7.91. The zero-order valence-electron chi connectivity index (χ0n) is 10.3. The number of nitrogens with zero attached hydrogens (tertiary/aromatic N) is 2. The van der Waals surface area contributed by atoms with Crippen LogP contribution < -0.4 is 0 Å². The van der Waals surface area contributed by atoms with Crippen LogP contribution in [0.2, 0.25) is 0 Å². The molecular formula is C13H16N2O2S. The second-order valence-corrected chi connectivity index (χ2v) is 7.30. The van der Waals surface area contributed by atoms with Crippen molar-refractivity contribution in [2.24, 2.45) is 0 Å². The van der Waals surface area contributed by atoms with Crippen molar-refractivity contribution in [1.82, 2.24) is 9.38 Å². The third kappa shape index (κ3) is 2.03. The molecule has 5 heteroatoms. The van der Waals surface area contributed by atoms with Crippen LogP contribution in [-0.4, -0.2) is 29.3 Å². The van der Waals surface area contributed by atoms with Gasteiger partial charge in [0.05, 0.1) is 23.2 Å². The lowest BCUT2D eigenvalue weighted by Crippen LogP contribution is -2.25. The van der Waals surface area contributed by atoms with Gasteiger partial charge in [-0.2, -0.15) is 0 Å². The molecule has 1 aliphatic rings. The minimum atomic E-state index is -2.89. The number of hydrogen-bond acceptors (Lipinski definition) is 3. The van der Waals surface area contributed by atoms with E-state index in [1.807, 2.05) is 29.8 Å². The van der Waals surface area contributed by atoms with E-state index < -0.39 is 9.84 Å². The van der Waals surface area contributed by atoms with Crippen LogP contribution in [0.25, 0.3) is 5.52 Å². The zero-order chi connectivity index (χ0) is 12.8. The molecule has 0 N–H and O–H groups in total. The second-order valence-electron chi connectivity index (χ2n) is 5.07. The first kappa shape index (κ1) is 11.7. The maximum atomic E-state index is 11.7. The maximum Gasteiger partial charge on any atom is 0.151 e. The lowest BCUT2D eigenvalue weighted by atomic mass is 10.0. The summed E-state index contributed by atoms with van der Waals surface area (Å²) in [4.78, 5) is 4.42. The smallest absolute Gasteiger partial charge is 0.151 e. The highest BCUT2D eigenvalue weighted by Crippen LogP contribution is 2.28. The molecule has 2 aromatic heterocycles. The van der Waals surface area contributed by atoms with Gasteiger partial charge in [0.25, 0.3) is 0 Å². The van der Waals surface area contributed by atoms with Crippen molar-refractivity contribution >= 4 is 15.4 Å². The van der Waals surface area contributed by atoms with Gasteiger partial charge in [0.15, 0.2) is 9.84 Å². The van der Waals surface area contributed by atoms with Crippen molar-refractivity contribution in [3.05, 3.63) is 35.9 Å². The minimum Gasteiger partial charge on any atom is -0.303 e. The summed E-state index contributed by atoms with van der Waals surface area (Å²) in [7, 11) is -2.89. The largest absolute Gasteiger partial charge is 0.303 e. The van der Waals surface area contributed by atoms with Gasteiger partial charge in [0, 0.05) is 12.1 Å². The number of aromatic nitrogens is 2. The molecular weight excluding hydrogens is 248 g/mol. The van der Waals surface area contributed by atoms with Crippen LogP contribution in [0, 0.1) is 6.92 Å². The summed E-state index contributed by atoms with van der Waals surface area (Å²) >= 11 is 0. The third-order valence-corrected chi connectivity index (χ3v) is 5.37. The first-order valence-electron chi connectivity index (χ1n) is 6.19. The molecule has 0 bridgehead atoms. The molecule has 4 nitrogen and oxygen atoms in total. The van der Waals surface area contributed by atoms with Crippen LogP contribution >= 0.6 is 0 Å². The quantitative estimate of drug-likeness (QED) is 0.791. The fourth-order valence-electron chi connectivity index (χ4n) is 2.66. The van der Waals surface area contributed by atoms with E-state index in [-0.39, 0.29) is 11.7 Å². The van der Waals surface area contributed by atoms with E-state index in [0.717, 1.165) is 24.2 Å². The number of pyridine rings is 1. The van der Waals surface area contributed by atoms with Gasteiger partial charge in [0.1, 0.15) is 5.82 Å². The number of imidazole rings is 1. The van der Waals surface area contributed by atoms with Crippen LogP contribution in [0.4, 0.5) is 0 Å². The van der Waals surface area contributed by atoms with Crippen LogP contribution in [0.1, 0.15) is 30.1 Å². The topological polar surface area (TPSA) is 51.4 Å². The lowest BCUT2D eigenvalue weighted by molar-refractivity contribution is 0.543. The fourth-order valence-corrected chi connectivity index (χ4v) is 4.36. The van der Waals surface area contributed by atoms with E-state index in [9.17, 15) is 8.42 Å². The van der Waals surface area contributed by atoms with E-state index in [2.05, 4.69) is 11.1 Å². The van der Waals surface area contributed by atoms with Gasteiger partial charge < -0.3 is 4.40 Å². The monoisotopic (exact) mass is 264 g/mol. The Bertz CT molecular complexity index is 688. The molecule has 1 atom stereocenters. The van der Waals surface area contributed by atoms with Gasteiger partial charge in [-0.3, -0.25) is 0 Å². The van der Waals surface area contributed by atoms with Crippen molar-refractivity contribution in [3.8, 4) is 0 Å². The summed E-state index contributed by atoms with van der Waals surface area (Å²) in [6.45, 7) is 2.04. The highest BCUT2D eigenvalue weighted by atomic mass is 32.2. The van der Waals surface area contributed by atoms with Gasteiger partial charge in [-0.1, -0.05) is 0 Å². The predicted molar refractivity (Wildman–Crippen MR) is 70.6 cm³/mol. The van der Waals surface area contributed by atoms with Crippen molar-refractivity contribution in [2.75, 3.05) is 11.5 Å². The average Bonchev–Trinajstić information content (AvgIpc) is 2.70. The van der Waals surface area contributed by atoms with Crippen LogP contribution in [-0.2, 0) is 9.84 Å². The molecule has 1 fully saturated rings. The summed E-state index contributed by atoms with van der Waals surface area (Å²) in [6, 6.07) is 4.09. The Morgan fingerprint density at radius 1 is 1.44 bits per heavy atom.